The van der Waals surface area contributed by atoms with Crippen LogP contribution in [-0.2, 0) is 11.3 Å². The number of hydrogen-bond acceptors (Lipinski definition) is 5. The highest BCUT2D eigenvalue weighted by Crippen LogP contribution is 2.16. The molecule has 0 bridgehead atoms. The van der Waals surface area contributed by atoms with Gasteiger partial charge in [0, 0.05) is 19.0 Å². The summed E-state index contributed by atoms with van der Waals surface area (Å²) in [7, 11) is 0. The molecule has 0 aromatic carbocycles. The second-order valence-electron chi connectivity index (χ2n) is 4.64. The molecule has 0 amide bonds. The Morgan fingerprint density at radius 1 is 1.32 bits per heavy atom. The molecule has 0 aliphatic carbocycles. The molecule has 0 saturated carbocycles. The average Bonchev–Trinajstić information content (AvgIpc) is 2.98. The summed E-state index contributed by atoms with van der Waals surface area (Å²) in [6, 6.07) is 0.237. The van der Waals surface area contributed by atoms with E-state index in [4.69, 9.17) is 4.74 Å². The minimum absolute atomic E-state index is 0.0385. The number of tetrazole rings is 1. The van der Waals surface area contributed by atoms with Crippen molar-refractivity contribution in [2.24, 2.45) is 0 Å². The minimum atomic E-state index is -0.0385. The average molecular weight is 264 g/mol. The second-order valence-corrected chi connectivity index (χ2v) is 4.64. The Bertz CT molecular complexity index is 518. The van der Waals surface area contributed by atoms with E-state index in [1.54, 1.807) is 6.20 Å². The van der Waals surface area contributed by atoms with Crippen LogP contribution in [0.2, 0.25) is 0 Å². The summed E-state index contributed by atoms with van der Waals surface area (Å²) < 4.78 is 9.42. The van der Waals surface area contributed by atoms with E-state index < -0.39 is 0 Å². The highest BCUT2D eigenvalue weighted by molar-refractivity contribution is 4.99. The molecule has 2 rings (SSSR count). The largest absolute Gasteiger partial charge is 0.371 e. The standard InChI is InChI=1S/C12H20N6O/c1-5-19-10(4)12-13-6-7-17(12)8-11-14-15-16-18(11)9(2)3/h6-7,9-10H,5,8H2,1-4H3/t10-/m1/s1. The molecule has 2 heterocycles. The van der Waals surface area contributed by atoms with Crippen LogP contribution in [0, 0.1) is 0 Å². The lowest BCUT2D eigenvalue weighted by atomic mass is 10.3. The molecular weight excluding hydrogens is 244 g/mol. The molecule has 7 heteroatoms. The van der Waals surface area contributed by atoms with Crippen molar-refractivity contribution in [3.63, 3.8) is 0 Å². The molecule has 2 aromatic heterocycles. The first-order valence-corrected chi connectivity index (χ1v) is 6.52. The van der Waals surface area contributed by atoms with E-state index in [-0.39, 0.29) is 12.1 Å². The van der Waals surface area contributed by atoms with E-state index in [9.17, 15) is 0 Å². The van der Waals surface area contributed by atoms with Crippen molar-refractivity contribution < 1.29 is 4.74 Å². The van der Waals surface area contributed by atoms with E-state index >= 15 is 0 Å². The fourth-order valence-electron chi connectivity index (χ4n) is 2.01. The van der Waals surface area contributed by atoms with Crippen molar-refractivity contribution in [1.29, 1.82) is 0 Å². The summed E-state index contributed by atoms with van der Waals surface area (Å²) in [4.78, 5) is 4.35. The maximum Gasteiger partial charge on any atom is 0.171 e. The van der Waals surface area contributed by atoms with Crippen LogP contribution in [0.1, 0.15) is 51.5 Å². The van der Waals surface area contributed by atoms with E-state index in [0.29, 0.717) is 13.2 Å². The van der Waals surface area contributed by atoms with Gasteiger partial charge >= 0.3 is 0 Å². The third-order valence-corrected chi connectivity index (χ3v) is 2.89. The quantitative estimate of drug-likeness (QED) is 0.792. The van der Waals surface area contributed by atoms with Crippen LogP contribution in [0.3, 0.4) is 0 Å². The summed E-state index contributed by atoms with van der Waals surface area (Å²) >= 11 is 0. The number of aromatic nitrogens is 6. The normalized spacial score (nSPS) is 13.1. The van der Waals surface area contributed by atoms with E-state index in [0.717, 1.165) is 11.6 Å². The molecule has 0 aliphatic rings. The number of nitrogens with zero attached hydrogens (tertiary/aromatic N) is 6. The highest BCUT2D eigenvalue weighted by Gasteiger charge is 2.15. The Morgan fingerprint density at radius 2 is 2.11 bits per heavy atom. The predicted molar refractivity (Wildman–Crippen MR) is 69.6 cm³/mol. The van der Waals surface area contributed by atoms with Gasteiger partial charge in [0.1, 0.15) is 11.9 Å². The van der Waals surface area contributed by atoms with Gasteiger partial charge in [-0.2, -0.15) is 0 Å². The van der Waals surface area contributed by atoms with Crippen molar-refractivity contribution in [1.82, 2.24) is 29.8 Å². The first kappa shape index (κ1) is 13.7. The van der Waals surface area contributed by atoms with Gasteiger partial charge in [0.05, 0.1) is 12.6 Å². The monoisotopic (exact) mass is 264 g/mol. The molecule has 0 aliphatic heterocycles. The summed E-state index contributed by atoms with van der Waals surface area (Å²) in [5.74, 6) is 1.71. The van der Waals surface area contributed by atoms with Gasteiger partial charge in [-0.05, 0) is 38.1 Å². The Labute approximate surface area is 112 Å². The maximum atomic E-state index is 5.58. The highest BCUT2D eigenvalue weighted by atomic mass is 16.5. The van der Waals surface area contributed by atoms with Gasteiger partial charge in [-0.1, -0.05) is 0 Å². The molecule has 0 saturated heterocycles. The number of rotatable bonds is 6. The fraction of sp³-hybridized carbons (Fsp3) is 0.667. The number of hydrogen-bond donors (Lipinski definition) is 0. The van der Waals surface area contributed by atoms with E-state index in [1.165, 1.54) is 0 Å². The predicted octanol–water partition coefficient (Wildman–Crippen LogP) is 1.60. The molecule has 19 heavy (non-hydrogen) atoms. The van der Waals surface area contributed by atoms with Gasteiger partial charge in [0.2, 0.25) is 0 Å². The Balaban J connectivity index is 2.19. The van der Waals surface area contributed by atoms with Crippen LogP contribution >= 0.6 is 0 Å². The molecule has 1 atom stereocenters. The molecule has 0 unspecified atom stereocenters. The Kier molecular flexibility index (Phi) is 4.26. The van der Waals surface area contributed by atoms with Crippen molar-refractivity contribution in [3.05, 3.63) is 24.0 Å². The van der Waals surface area contributed by atoms with Crippen molar-refractivity contribution in [2.45, 2.75) is 46.4 Å². The zero-order chi connectivity index (χ0) is 13.8. The van der Waals surface area contributed by atoms with Crippen LogP contribution in [0.25, 0.3) is 0 Å². The molecular formula is C12H20N6O. The van der Waals surface area contributed by atoms with Crippen LogP contribution in [-0.4, -0.2) is 36.4 Å². The van der Waals surface area contributed by atoms with Gasteiger partial charge in [0.15, 0.2) is 5.82 Å². The molecule has 0 fully saturated rings. The third kappa shape index (κ3) is 2.98. The first-order valence-electron chi connectivity index (χ1n) is 6.52. The molecule has 2 aromatic rings. The molecule has 0 radical (unpaired) electrons. The van der Waals surface area contributed by atoms with Crippen molar-refractivity contribution >= 4 is 0 Å². The SMILES string of the molecule is CCO[C@H](C)c1nccn1Cc1nnnn1C(C)C. The van der Waals surface area contributed by atoms with Crippen LogP contribution in [0.5, 0.6) is 0 Å². The zero-order valence-electron chi connectivity index (χ0n) is 11.8. The molecule has 7 nitrogen and oxygen atoms in total. The summed E-state index contributed by atoms with van der Waals surface area (Å²) in [5, 5.41) is 11.8. The third-order valence-electron chi connectivity index (χ3n) is 2.89. The fourth-order valence-corrected chi connectivity index (χ4v) is 2.01. The van der Waals surface area contributed by atoms with Gasteiger partial charge in [-0.15, -0.1) is 5.10 Å². The molecule has 104 valence electrons. The molecule has 0 N–H and O–H groups in total. The second kappa shape index (κ2) is 5.92. The summed E-state index contributed by atoms with van der Waals surface area (Å²) in [5.41, 5.74) is 0. The van der Waals surface area contributed by atoms with Crippen molar-refractivity contribution in [3.8, 4) is 0 Å². The van der Waals surface area contributed by atoms with Gasteiger partial charge in [-0.3, -0.25) is 0 Å². The van der Waals surface area contributed by atoms with Crippen LogP contribution in [0.4, 0.5) is 0 Å². The first-order chi connectivity index (χ1) is 9.13. The lowest BCUT2D eigenvalue weighted by Crippen LogP contribution is -2.15. The number of ether oxygens (including phenoxy) is 1. The zero-order valence-corrected chi connectivity index (χ0v) is 11.8. The smallest absolute Gasteiger partial charge is 0.171 e. The van der Waals surface area contributed by atoms with E-state index in [1.807, 2.05) is 29.3 Å². The minimum Gasteiger partial charge on any atom is -0.371 e. The van der Waals surface area contributed by atoms with E-state index in [2.05, 4.69) is 34.4 Å². The van der Waals surface area contributed by atoms with Gasteiger partial charge < -0.3 is 9.30 Å². The van der Waals surface area contributed by atoms with Crippen LogP contribution in [0.15, 0.2) is 12.4 Å². The molecule has 0 spiro atoms. The Hall–Kier alpha value is -1.76. The summed E-state index contributed by atoms with van der Waals surface area (Å²) in [6.45, 7) is 9.33. The van der Waals surface area contributed by atoms with Gasteiger partial charge in [-0.25, -0.2) is 9.67 Å². The van der Waals surface area contributed by atoms with Crippen LogP contribution < -0.4 is 0 Å². The lowest BCUT2D eigenvalue weighted by Gasteiger charge is -2.14. The topological polar surface area (TPSA) is 70.7 Å². The lowest BCUT2D eigenvalue weighted by molar-refractivity contribution is 0.0676. The Morgan fingerprint density at radius 3 is 2.79 bits per heavy atom. The summed E-state index contributed by atoms with van der Waals surface area (Å²) in [6.07, 6.45) is 3.65. The number of imidazole rings is 1. The van der Waals surface area contributed by atoms with Crippen molar-refractivity contribution in [2.75, 3.05) is 6.61 Å². The van der Waals surface area contributed by atoms with Gasteiger partial charge in [0.25, 0.3) is 0 Å². The maximum absolute atomic E-state index is 5.58.